The number of benzene rings is 2. The number of anilines is 1. The number of carbonyl (C=O) groups excluding carboxylic acids is 1. The van der Waals surface area contributed by atoms with Gasteiger partial charge < -0.3 is 9.73 Å². The van der Waals surface area contributed by atoms with Crippen molar-refractivity contribution in [2.24, 2.45) is 0 Å². The molecule has 0 fully saturated rings. The topological polar surface area (TPSA) is 68.0 Å². The molecule has 6 heteroatoms. The summed E-state index contributed by atoms with van der Waals surface area (Å²) in [6.45, 7) is 3.95. The van der Waals surface area contributed by atoms with Crippen LogP contribution in [0.1, 0.15) is 23.4 Å². The third kappa shape index (κ3) is 4.09. The Hall–Kier alpha value is -3.02. The molecule has 5 nitrogen and oxygen atoms in total. The van der Waals surface area contributed by atoms with E-state index in [1.54, 1.807) is 18.2 Å². The highest BCUT2D eigenvalue weighted by Crippen LogP contribution is 2.21. The Morgan fingerprint density at radius 2 is 1.96 bits per heavy atom. The smallest absolute Gasteiger partial charge is 0.250 e. The lowest BCUT2D eigenvalue weighted by atomic mass is 10.1. The number of nitrogens with zero attached hydrogens (tertiary/aromatic N) is 2. The van der Waals surface area contributed by atoms with Crippen molar-refractivity contribution >= 4 is 11.6 Å². The number of amides is 1. The summed E-state index contributed by atoms with van der Waals surface area (Å²) in [5.41, 5.74) is 3.18. The van der Waals surface area contributed by atoms with Gasteiger partial charge in [0.15, 0.2) is 0 Å². The van der Waals surface area contributed by atoms with Crippen molar-refractivity contribution in [1.29, 1.82) is 0 Å². The van der Waals surface area contributed by atoms with Gasteiger partial charge in [-0.25, -0.2) is 4.39 Å². The molecular weight excluding hydrogens is 321 g/mol. The molecule has 0 atom stereocenters. The van der Waals surface area contributed by atoms with Gasteiger partial charge >= 0.3 is 0 Å². The van der Waals surface area contributed by atoms with Crippen LogP contribution in [0.2, 0.25) is 0 Å². The third-order valence-corrected chi connectivity index (χ3v) is 3.79. The molecule has 25 heavy (non-hydrogen) atoms. The summed E-state index contributed by atoms with van der Waals surface area (Å²) in [5.74, 6) is -0.153. The molecule has 0 aliphatic heterocycles. The second kappa shape index (κ2) is 7.25. The van der Waals surface area contributed by atoms with E-state index in [0.29, 0.717) is 5.89 Å². The highest BCUT2D eigenvalue weighted by atomic mass is 19.1. The van der Waals surface area contributed by atoms with Crippen molar-refractivity contribution in [3.8, 4) is 11.5 Å². The van der Waals surface area contributed by atoms with Gasteiger partial charge in [0.2, 0.25) is 11.8 Å². The van der Waals surface area contributed by atoms with Crippen LogP contribution in [0.5, 0.6) is 0 Å². The Balaban J connectivity index is 1.60. The van der Waals surface area contributed by atoms with Gasteiger partial charge in [0.1, 0.15) is 5.82 Å². The molecule has 0 saturated carbocycles. The first kappa shape index (κ1) is 16.8. The summed E-state index contributed by atoms with van der Waals surface area (Å²) in [4.78, 5) is 12.1. The fourth-order valence-corrected chi connectivity index (χ4v) is 2.49. The summed E-state index contributed by atoms with van der Waals surface area (Å²) in [6.07, 6.45) is 0.490. The molecule has 128 valence electrons. The highest BCUT2D eigenvalue weighted by molar-refractivity contribution is 5.91. The fraction of sp³-hybridized carbons (Fsp3) is 0.211. The van der Waals surface area contributed by atoms with Crippen LogP contribution >= 0.6 is 0 Å². The molecule has 0 unspecified atom stereocenters. The van der Waals surface area contributed by atoms with E-state index in [4.69, 9.17) is 4.42 Å². The van der Waals surface area contributed by atoms with E-state index in [1.165, 1.54) is 6.07 Å². The van der Waals surface area contributed by atoms with Crippen molar-refractivity contribution < 1.29 is 13.6 Å². The predicted octanol–water partition coefficient (Wildman–Crippen LogP) is 4.06. The van der Waals surface area contributed by atoms with Crippen LogP contribution in [0.4, 0.5) is 10.1 Å². The van der Waals surface area contributed by atoms with Crippen molar-refractivity contribution in [2.45, 2.75) is 26.7 Å². The van der Waals surface area contributed by atoms with Crippen LogP contribution in [0.25, 0.3) is 11.5 Å². The monoisotopic (exact) mass is 339 g/mol. The van der Waals surface area contributed by atoms with Gasteiger partial charge in [0.05, 0.1) is 5.56 Å². The van der Waals surface area contributed by atoms with Crippen LogP contribution in [-0.4, -0.2) is 16.1 Å². The standard InChI is InChI=1S/C19H18FN3O2/c1-12-7-8-16(13(2)11-12)21-17(24)9-10-18-22-23-19(25-18)14-5-3-4-6-15(14)20/h3-8,11H,9-10H2,1-2H3,(H,21,24). The average molecular weight is 339 g/mol. The molecule has 3 aromatic rings. The Bertz CT molecular complexity index is 905. The minimum absolute atomic E-state index is 0.114. The summed E-state index contributed by atoms with van der Waals surface area (Å²) in [6, 6.07) is 12.0. The molecule has 0 radical (unpaired) electrons. The first-order valence-electron chi connectivity index (χ1n) is 7.97. The van der Waals surface area contributed by atoms with Crippen molar-refractivity contribution in [3.05, 3.63) is 65.3 Å². The van der Waals surface area contributed by atoms with Crippen LogP contribution in [0, 0.1) is 19.7 Å². The lowest BCUT2D eigenvalue weighted by molar-refractivity contribution is -0.116. The van der Waals surface area contributed by atoms with E-state index in [2.05, 4.69) is 15.5 Å². The normalized spacial score (nSPS) is 10.7. The molecule has 1 aromatic heterocycles. The van der Waals surface area contributed by atoms with Crippen molar-refractivity contribution in [2.75, 3.05) is 5.32 Å². The number of aryl methyl sites for hydroxylation is 3. The van der Waals surface area contributed by atoms with Crippen LogP contribution in [-0.2, 0) is 11.2 Å². The van der Waals surface area contributed by atoms with E-state index in [0.717, 1.165) is 16.8 Å². The van der Waals surface area contributed by atoms with E-state index in [9.17, 15) is 9.18 Å². The maximum atomic E-state index is 13.7. The zero-order chi connectivity index (χ0) is 17.8. The van der Waals surface area contributed by atoms with Gasteiger partial charge in [-0.2, -0.15) is 0 Å². The first-order chi connectivity index (χ1) is 12.0. The number of hydrogen-bond donors (Lipinski definition) is 1. The molecule has 0 aliphatic carbocycles. The van der Waals surface area contributed by atoms with Crippen LogP contribution in [0.3, 0.4) is 0 Å². The summed E-state index contributed by atoms with van der Waals surface area (Å²) in [7, 11) is 0. The van der Waals surface area contributed by atoms with Gasteiger partial charge in [0.25, 0.3) is 5.89 Å². The number of nitrogens with one attached hydrogen (secondary N) is 1. The lowest BCUT2D eigenvalue weighted by Gasteiger charge is -2.08. The van der Waals surface area contributed by atoms with Gasteiger partial charge in [-0.15, -0.1) is 10.2 Å². The Morgan fingerprint density at radius 3 is 2.72 bits per heavy atom. The molecule has 3 rings (SSSR count). The molecule has 0 saturated heterocycles. The molecular formula is C19H18FN3O2. The van der Waals surface area contributed by atoms with Gasteiger partial charge in [0, 0.05) is 18.5 Å². The first-order valence-corrected chi connectivity index (χ1v) is 7.97. The van der Waals surface area contributed by atoms with Gasteiger partial charge in [-0.3, -0.25) is 4.79 Å². The molecule has 2 aromatic carbocycles. The molecule has 1 amide bonds. The number of halogens is 1. The van der Waals surface area contributed by atoms with E-state index >= 15 is 0 Å². The van der Waals surface area contributed by atoms with E-state index < -0.39 is 5.82 Å². The van der Waals surface area contributed by atoms with E-state index in [1.807, 2.05) is 32.0 Å². The van der Waals surface area contributed by atoms with E-state index in [-0.39, 0.29) is 30.2 Å². The fourth-order valence-electron chi connectivity index (χ4n) is 2.49. The quantitative estimate of drug-likeness (QED) is 0.761. The Kier molecular flexibility index (Phi) is 4.88. The molecule has 0 bridgehead atoms. The van der Waals surface area contributed by atoms with Crippen molar-refractivity contribution in [3.63, 3.8) is 0 Å². The third-order valence-electron chi connectivity index (χ3n) is 3.79. The van der Waals surface area contributed by atoms with Crippen LogP contribution < -0.4 is 5.32 Å². The van der Waals surface area contributed by atoms with Gasteiger partial charge in [-0.1, -0.05) is 29.8 Å². The highest BCUT2D eigenvalue weighted by Gasteiger charge is 2.13. The zero-order valence-corrected chi connectivity index (χ0v) is 14.0. The number of hydrogen-bond acceptors (Lipinski definition) is 4. The second-order valence-corrected chi connectivity index (χ2v) is 5.85. The predicted molar refractivity (Wildman–Crippen MR) is 92.6 cm³/mol. The van der Waals surface area contributed by atoms with Crippen LogP contribution in [0.15, 0.2) is 46.9 Å². The number of rotatable bonds is 5. The molecule has 1 N–H and O–H groups in total. The largest absolute Gasteiger partial charge is 0.421 e. The molecule has 0 aliphatic rings. The maximum absolute atomic E-state index is 13.7. The van der Waals surface area contributed by atoms with Crippen molar-refractivity contribution in [1.82, 2.24) is 10.2 Å². The average Bonchev–Trinajstić information content (AvgIpc) is 3.05. The number of aromatic nitrogens is 2. The zero-order valence-electron chi connectivity index (χ0n) is 14.0. The molecule has 1 heterocycles. The van der Waals surface area contributed by atoms with Gasteiger partial charge in [-0.05, 0) is 37.6 Å². The lowest BCUT2D eigenvalue weighted by Crippen LogP contribution is -2.13. The summed E-state index contributed by atoms with van der Waals surface area (Å²) >= 11 is 0. The maximum Gasteiger partial charge on any atom is 0.250 e. The Morgan fingerprint density at radius 1 is 1.16 bits per heavy atom. The SMILES string of the molecule is Cc1ccc(NC(=O)CCc2nnc(-c3ccccc3F)o2)c(C)c1. The second-order valence-electron chi connectivity index (χ2n) is 5.85. The summed E-state index contributed by atoms with van der Waals surface area (Å²) in [5, 5.41) is 10.6. The molecule has 0 spiro atoms. The summed E-state index contributed by atoms with van der Waals surface area (Å²) < 4.78 is 19.2. The minimum Gasteiger partial charge on any atom is -0.421 e. The Labute approximate surface area is 144 Å². The number of carbonyl (C=O) groups is 1. The minimum atomic E-state index is -0.426.